The summed E-state index contributed by atoms with van der Waals surface area (Å²) >= 11 is 0. The predicted octanol–water partition coefficient (Wildman–Crippen LogP) is 8.28. The highest BCUT2D eigenvalue weighted by Crippen LogP contribution is 2.48. The molecule has 0 bridgehead atoms. The van der Waals surface area contributed by atoms with E-state index in [9.17, 15) is 0 Å². The molecule has 2 aromatic rings. The highest BCUT2D eigenvalue weighted by molar-refractivity contribution is 5.84. The van der Waals surface area contributed by atoms with E-state index in [2.05, 4.69) is 43.3 Å². The fourth-order valence-corrected chi connectivity index (χ4v) is 5.87. The molecule has 1 heteroatoms. The van der Waals surface area contributed by atoms with Crippen molar-refractivity contribution in [2.24, 2.45) is 17.8 Å². The van der Waals surface area contributed by atoms with Crippen molar-refractivity contribution in [1.29, 1.82) is 0 Å². The predicted molar refractivity (Wildman–Crippen MR) is 125 cm³/mol. The molecule has 1 nitrogen and oxygen atoms in total. The minimum atomic E-state index is 0.643. The molecule has 29 heavy (non-hydrogen) atoms. The van der Waals surface area contributed by atoms with E-state index >= 15 is 0 Å². The molecule has 2 aliphatic carbocycles. The van der Waals surface area contributed by atoms with Crippen molar-refractivity contribution >= 4 is 10.8 Å². The second kappa shape index (κ2) is 9.83. The molecular weight excluding hydrogens is 352 g/mol. The van der Waals surface area contributed by atoms with Gasteiger partial charge in [0, 0.05) is 0 Å². The van der Waals surface area contributed by atoms with Gasteiger partial charge < -0.3 is 4.74 Å². The molecule has 156 valence electrons. The fraction of sp³-hybridized carbons (Fsp3) is 0.571. The first-order chi connectivity index (χ1) is 14.3. The summed E-state index contributed by atoms with van der Waals surface area (Å²) in [6.45, 7) is 5.00. The number of hydrogen-bond donors (Lipinski definition) is 0. The SMILES string of the molecule is C/C=C/COc1ccc2cc([C@@H]3CC[C@@H]4CC(CCCC)CCC4C3)ccc2c1. The molecular formula is C28H38O. The van der Waals surface area contributed by atoms with Gasteiger partial charge in [-0.15, -0.1) is 0 Å². The van der Waals surface area contributed by atoms with Gasteiger partial charge in [-0.3, -0.25) is 0 Å². The summed E-state index contributed by atoms with van der Waals surface area (Å²) in [4.78, 5) is 0. The van der Waals surface area contributed by atoms with E-state index in [0.717, 1.165) is 29.4 Å². The second-order valence-corrected chi connectivity index (χ2v) is 9.50. The largest absolute Gasteiger partial charge is 0.490 e. The van der Waals surface area contributed by atoms with Crippen LogP contribution in [0.5, 0.6) is 5.75 Å². The van der Waals surface area contributed by atoms with Gasteiger partial charge in [0.2, 0.25) is 0 Å². The van der Waals surface area contributed by atoms with Crippen LogP contribution >= 0.6 is 0 Å². The Morgan fingerprint density at radius 3 is 2.59 bits per heavy atom. The van der Waals surface area contributed by atoms with Crippen LogP contribution in [0.2, 0.25) is 0 Å². The highest BCUT2D eigenvalue weighted by Gasteiger charge is 2.35. The van der Waals surface area contributed by atoms with Gasteiger partial charge in [0.05, 0.1) is 0 Å². The summed E-state index contributed by atoms with van der Waals surface area (Å²) < 4.78 is 5.81. The smallest absolute Gasteiger partial charge is 0.120 e. The van der Waals surface area contributed by atoms with Crippen LogP contribution in [-0.4, -0.2) is 6.61 Å². The summed E-state index contributed by atoms with van der Waals surface area (Å²) in [6, 6.07) is 13.7. The van der Waals surface area contributed by atoms with Crippen LogP contribution in [0.25, 0.3) is 10.8 Å². The number of benzene rings is 2. The highest BCUT2D eigenvalue weighted by atomic mass is 16.5. The maximum absolute atomic E-state index is 5.81. The zero-order chi connectivity index (χ0) is 20.1. The van der Waals surface area contributed by atoms with E-state index in [1.807, 2.05) is 19.1 Å². The van der Waals surface area contributed by atoms with Crippen molar-refractivity contribution < 1.29 is 4.74 Å². The van der Waals surface area contributed by atoms with Gasteiger partial charge in [-0.25, -0.2) is 0 Å². The number of rotatable bonds is 7. The second-order valence-electron chi connectivity index (χ2n) is 9.50. The van der Waals surface area contributed by atoms with E-state index in [-0.39, 0.29) is 0 Å². The van der Waals surface area contributed by atoms with Crippen LogP contribution < -0.4 is 4.74 Å². The van der Waals surface area contributed by atoms with Gasteiger partial charge in [0.1, 0.15) is 12.4 Å². The maximum Gasteiger partial charge on any atom is 0.120 e. The molecule has 0 radical (unpaired) electrons. The number of hydrogen-bond acceptors (Lipinski definition) is 1. The first kappa shape index (κ1) is 20.5. The number of ether oxygens (including phenoxy) is 1. The molecule has 2 saturated carbocycles. The Bertz CT molecular complexity index is 820. The van der Waals surface area contributed by atoms with Crippen molar-refractivity contribution in [3.8, 4) is 5.75 Å². The Hall–Kier alpha value is -1.76. The molecule has 2 aromatic carbocycles. The first-order valence-electron chi connectivity index (χ1n) is 12.0. The minimum Gasteiger partial charge on any atom is -0.490 e. The third-order valence-electron chi connectivity index (χ3n) is 7.58. The number of fused-ring (bicyclic) bond motifs is 2. The summed E-state index contributed by atoms with van der Waals surface area (Å²) in [5.41, 5.74) is 1.56. The standard InChI is InChI=1S/C28H38O/c1-3-5-7-21-8-9-23-18-24(11-10-22(23)17-21)25-12-13-27-20-28(29-16-6-4-2)15-14-26(27)19-25/h4,6,12-15,19-24H,3,5,7-11,16-18H2,1-2H3/b6-4+/t21?,22-,23?,24-/m1/s1. The lowest BCUT2D eigenvalue weighted by Crippen LogP contribution is -2.30. The molecule has 2 aliphatic rings. The Morgan fingerprint density at radius 2 is 1.72 bits per heavy atom. The first-order valence-corrected chi connectivity index (χ1v) is 12.0. The Kier molecular flexibility index (Phi) is 6.95. The van der Waals surface area contributed by atoms with Crippen LogP contribution in [0, 0.1) is 17.8 Å². The molecule has 0 aliphatic heterocycles. The van der Waals surface area contributed by atoms with E-state index < -0.39 is 0 Å². The van der Waals surface area contributed by atoms with Gasteiger partial charge in [-0.05, 0) is 91.2 Å². The van der Waals surface area contributed by atoms with E-state index in [1.165, 1.54) is 68.6 Å². The Morgan fingerprint density at radius 1 is 0.931 bits per heavy atom. The van der Waals surface area contributed by atoms with Crippen LogP contribution in [0.4, 0.5) is 0 Å². The molecule has 4 rings (SSSR count). The van der Waals surface area contributed by atoms with Crippen LogP contribution in [0.1, 0.15) is 83.1 Å². The molecule has 0 N–H and O–H groups in total. The van der Waals surface area contributed by atoms with E-state index in [4.69, 9.17) is 4.74 Å². The maximum atomic E-state index is 5.81. The quantitative estimate of drug-likeness (QED) is 0.432. The zero-order valence-electron chi connectivity index (χ0n) is 18.4. The number of unbranched alkanes of at least 4 members (excludes halogenated alkanes) is 1. The topological polar surface area (TPSA) is 9.23 Å². The minimum absolute atomic E-state index is 0.643. The van der Waals surface area contributed by atoms with E-state index in [1.54, 1.807) is 5.56 Å². The van der Waals surface area contributed by atoms with Gasteiger partial charge in [0.25, 0.3) is 0 Å². The zero-order valence-corrected chi connectivity index (χ0v) is 18.4. The lowest BCUT2D eigenvalue weighted by atomic mass is 9.63. The Balaban J connectivity index is 1.39. The molecule has 0 heterocycles. The average molecular weight is 391 g/mol. The Labute approximate surface area is 177 Å². The third-order valence-corrected chi connectivity index (χ3v) is 7.58. The lowest BCUT2D eigenvalue weighted by molar-refractivity contribution is 0.113. The lowest BCUT2D eigenvalue weighted by Gasteiger charge is -2.42. The van der Waals surface area contributed by atoms with Gasteiger partial charge in [-0.1, -0.05) is 69.0 Å². The third kappa shape index (κ3) is 5.05. The average Bonchev–Trinajstić information content (AvgIpc) is 2.77. The van der Waals surface area contributed by atoms with Crippen molar-refractivity contribution in [3.63, 3.8) is 0 Å². The van der Waals surface area contributed by atoms with Crippen LogP contribution in [0.15, 0.2) is 48.6 Å². The van der Waals surface area contributed by atoms with Crippen molar-refractivity contribution in [3.05, 3.63) is 54.1 Å². The molecule has 0 amide bonds. The van der Waals surface area contributed by atoms with Crippen molar-refractivity contribution in [2.45, 2.75) is 77.6 Å². The molecule has 2 fully saturated rings. The summed E-state index contributed by atoms with van der Waals surface area (Å²) in [5, 5.41) is 2.64. The summed E-state index contributed by atoms with van der Waals surface area (Å²) in [5.74, 6) is 4.74. The monoisotopic (exact) mass is 390 g/mol. The van der Waals surface area contributed by atoms with Crippen LogP contribution in [-0.2, 0) is 0 Å². The summed E-state index contributed by atoms with van der Waals surface area (Å²) in [7, 11) is 0. The summed E-state index contributed by atoms with van der Waals surface area (Å²) in [6.07, 6.45) is 17.1. The van der Waals surface area contributed by atoms with Gasteiger partial charge >= 0.3 is 0 Å². The van der Waals surface area contributed by atoms with Gasteiger partial charge in [-0.2, -0.15) is 0 Å². The fourth-order valence-electron chi connectivity index (χ4n) is 5.87. The van der Waals surface area contributed by atoms with E-state index in [0.29, 0.717) is 6.61 Å². The molecule has 4 atom stereocenters. The van der Waals surface area contributed by atoms with Crippen molar-refractivity contribution in [1.82, 2.24) is 0 Å². The normalized spacial score (nSPS) is 27.2. The van der Waals surface area contributed by atoms with Gasteiger partial charge in [0.15, 0.2) is 0 Å². The molecule has 0 spiro atoms. The molecule has 0 aromatic heterocycles. The number of allylic oxidation sites excluding steroid dienone is 1. The molecule has 0 saturated heterocycles. The van der Waals surface area contributed by atoms with Crippen molar-refractivity contribution in [2.75, 3.05) is 6.61 Å². The van der Waals surface area contributed by atoms with Crippen LogP contribution in [0.3, 0.4) is 0 Å². The molecule has 2 unspecified atom stereocenters.